The number of aliphatic hydroxyl groups excluding tert-OH is 1. The maximum Gasteiger partial charge on any atom is 0.0768 e. The molecule has 1 saturated heterocycles. The zero-order valence-corrected chi connectivity index (χ0v) is 10.9. The molecule has 3 heteroatoms. The molecule has 0 saturated carbocycles. The molecule has 0 bridgehead atoms. The van der Waals surface area contributed by atoms with E-state index in [1.807, 2.05) is 6.92 Å². The first kappa shape index (κ1) is 13.9. The number of hydrogen-bond acceptors (Lipinski definition) is 3. The van der Waals surface area contributed by atoms with Gasteiger partial charge in [0.25, 0.3) is 0 Å². The topological polar surface area (TPSA) is 43.7 Å². The summed E-state index contributed by atoms with van der Waals surface area (Å²) >= 11 is 0. The molecule has 0 amide bonds. The van der Waals surface area contributed by atoms with Crippen LogP contribution < -0.4 is 0 Å². The molecule has 2 unspecified atom stereocenters. The molecule has 1 heterocycles. The van der Waals surface area contributed by atoms with E-state index in [-0.39, 0.29) is 5.92 Å². The summed E-state index contributed by atoms with van der Waals surface area (Å²) in [4.78, 5) is 2.35. The van der Waals surface area contributed by atoms with Gasteiger partial charge in [-0.1, -0.05) is 13.8 Å². The summed E-state index contributed by atoms with van der Waals surface area (Å²) in [6.45, 7) is 9.22. The molecular formula is C13H27NO2. The fourth-order valence-electron chi connectivity index (χ4n) is 2.35. The van der Waals surface area contributed by atoms with Crippen LogP contribution in [0.25, 0.3) is 0 Å². The van der Waals surface area contributed by atoms with Crippen molar-refractivity contribution in [3.05, 3.63) is 0 Å². The highest BCUT2D eigenvalue weighted by Gasteiger charge is 2.30. The Morgan fingerprint density at radius 3 is 2.69 bits per heavy atom. The largest absolute Gasteiger partial charge is 0.396 e. The third-order valence-electron chi connectivity index (χ3n) is 3.93. The van der Waals surface area contributed by atoms with E-state index >= 15 is 0 Å². The quantitative estimate of drug-likeness (QED) is 0.750. The van der Waals surface area contributed by atoms with Crippen LogP contribution in [-0.2, 0) is 0 Å². The zero-order chi connectivity index (χ0) is 12.2. The van der Waals surface area contributed by atoms with E-state index in [4.69, 9.17) is 5.11 Å². The van der Waals surface area contributed by atoms with Crippen molar-refractivity contribution in [1.82, 2.24) is 4.90 Å². The number of aliphatic hydroxyl groups is 2. The van der Waals surface area contributed by atoms with E-state index in [2.05, 4.69) is 18.7 Å². The summed E-state index contributed by atoms with van der Waals surface area (Å²) < 4.78 is 0. The molecule has 16 heavy (non-hydrogen) atoms. The van der Waals surface area contributed by atoms with Gasteiger partial charge in [-0.2, -0.15) is 0 Å². The Bertz CT molecular complexity index is 202. The van der Waals surface area contributed by atoms with E-state index in [0.29, 0.717) is 12.5 Å². The SMILES string of the molecule is CC(C)C(C)(O)CN1CCCC(CCO)C1. The number of likely N-dealkylation sites (tertiary alicyclic amines) is 1. The molecule has 3 nitrogen and oxygen atoms in total. The van der Waals surface area contributed by atoms with Gasteiger partial charge in [0.15, 0.2) is 0 Å². The Balaban J connectivity index is 2.42. The fraction of sp³-hybridized carbons (Fsp3) is 1.00. The monoisotopic (exact) mass is 229 g/mol. The van der Waals surface area contributed by atoms with Crippen molar-refractivity contribution in [2.45, 2.75) is 45.6 Å². The third-order valence-corrected chi connectivity index (χ3v) is 3.93. The highest BCUT2D eigenvalue weighted by molar-refractivity contribution is 4.83. The molecule has 0 spiro atoms. The van der Waals surface area contributed by atoms with Crippen molar-refractivity contribution in [2.75, 3.05) is 26.2 Å². The molecular weight excluding hydrogens is 202 g/mol. The van der Waals surface area contributed by atoms with Crippen LogP contribution in [0.4, 0.5) is 0 Å². The molecule has 0 aromatic heterocycles. The van der Waals surface area contributed by atoms with Crippen LogP contribution in [-0.4, -0.2) is 47.0 Å². The minimum Gasteiger partial charge on any atom is -0.396 e. The van der Waals surface area contributed by atoms with Crippen LogP contribution in [0.15, 0.2) is 0 Å². The van der Waals surface area contributed by atoms with Crippen LogP contribution >= 0.6 is 0 Å². The van der Waals surface area contributed by atoms with E-state index in [1.165, 1.54) is 12.8 Å². The molecule has 0 aromatic carbocycles. The standard InChI is InChI=1S/C13H27NO2/c1-11(2)13(3,16)10-14-7-4-5-12(9-14)6-8-15/h11-12,15-16H,4-10H2,1-3H3. The average molecular weight is 229 g/mol. The maximum absolute atomic E-state index is 10.3. The van der Waals surface area contributed by atoms with Crippen molar-refractivity contribution < 1.29 is 10.2 Å². The minimum absolute atomic E-state index is 0.283. The van der Waals surface area contributed by atoms with E-state index < -0.39 is 5.60 Å². The van der Waals surface area contributed by atoms with Gasteiger partial charge in [-0.05, 0) is 44.6 Å². The van der Waals surface area contributed by atoms with Crippen LogP contribution in [0.3, 0.4) is 0 Å². The lowest BCUT2D eigenvalue weighted by atomic mass is 9.89. The van der Waals surface area contributed by atoms with Crippen LogP contribution in [0.2, 0.25) is 0 Å². The smallest absolute Gasteiger partial charge is 0.0768 e. The van der Waals surface area contributed by atoms with Gasteiger partial charge < -0.3 is 15.1 Å². The summed E-state index contributed by atoms with van der Waals surface area (Å²) in [6.07, 6.45) is 3.32. The molecule has 2 N–H and O–H groups in total. The summed E-state index contributed by atoms with van der Waals surface area (Å²) in [5, 5.41) is 19.2. The van der Waals surface area contributed by atoms with Crippen molar-refractivity contribution >= 4 is 0 Å². The predicted molar refractivity (Wildman–Crippen MR) is 66.3 cm³/mol. The van der Waals surface area contributed by atoms with Gasteiger partial charge in [0.05, 0.1) is 5.60 Å². The Kier molecular flexibility index (Phi) is 5.22. The maximum atomic E-state index is 10.3. The Hall–Kier alpha value is -0.120. The number of rotatable bonds is 5. The zero-order valence-electron chi connectivity index (χ0n) is 10.9. The van der Waals surface area contributed by atoms with Crippen molar-refractivity contribution in [3.8, 4) is 0 Å². The van der Waals surface area contributed by atoms with Crippen molar-refractivity contribution in [2.24, 2.45) is 11.8 Å². The van der Waals surface area contributed by atoms with E-state index in [0.717, 1.165) is 26.1 Å². The number of nitrogens with zero attached hydrogens (tertiary/aromatic N) is 1. The number of β-amino-alcohol motifs (C(OH)–C–C–N with tert-alkyl or cyclic N) is 1. The molecule has 1 aliphatic rings. The van der Waals surface area contributed by atoms with Gasteiger partial charge in [-0.3, -0.25) is 0 Å². The van der Waals surface area contributed by atoms with Gasteiger partial charge in [-0.25, -0.2) is 0 Å². The van der Waals surface area contributed by atoms with E-state index in [1.54, 1.807) is 0 Å². The molecule has 0 radical (unpaired) electrons. The van der Waals surface area contributed by atoms with Gasteiger partial charge in [-0.15, -0.1) is 0 Å². The molecule has 1 aliphatic heterocycles. The molecule has 1 fully saturated rings. The lowest BCUT2D eigenvalue weighted by Crippen LogP contribution is -2.48. The number of hydrogen-bond donors (Lipinski definition) is 2. The van der Waals surface area contributed by atoms with Crippen molar-refractivity contribution in [3.63, 3.8) is 0 Å². The second kappa shape index (κ2) is 5.99. The van der Waals surface area contributed by atoms with Crippen LogP contribution in [0.5, 0.6) is 0 Å². The summed E-state index contributed by atoms with van der Waals surface area (Å²) in [6, 6.07) is 0. The van der Waals surface area contributed by atoms with Gasteiger partial charge >= 0.3 is 0 Å². The Morgan fingerprint density at radius 2 is 2.12 bits per heavy atom. The Labute approximate surface area is 99.5 Å². The molecule has 0 aliphatic carbocycles. The second-order valence-electron chi connectivity index (χ2n) is 5.77. The van der Waals surface area contributed by atoms with Crippen LogP contribution in [0.1, 0.15) is 40.0 Å². The second-order valence-corrected chi connectivity index (χ2v) is 5.77. The van der Waals surface area contributed by atoms with E-state index in [9.17, 15) is 5.11 Å². The van der Waals surface area contributed by atoms with Crippen molar-refractivity contribution in [1.29, 1.82) is 0 Å². The van der Waals surface area contributed by atoms with Gasteiger partial charge in [0.1, 0.15) is 0 Å². The summed E-state index contributed by atoms with van der Waals surface area (Å²) in [5.74, 6) is 0.896. The predicted octanol–water partition coefficient (Wildman–Crippen LogP) is 1.49. The first-order valence-corrected chi connectivity index (χ1v) is 6.51. The average Bonchev–Trinajstić information content (AvgIpc) is 2.17. The first-order chi connectivity index (χ1) is 7.45. The molecule has 96 valence electrons. The fourth-order valence-corrected chi connectivity index (χ4v) is 2.35. The van der Waals surface area contributed by atoms with Gasteiger partial charge in [0.2, 0.25) is 0 Å². The summed E-state index contributed by atoms with van der Waals surface area (Å²) in [5.41, 5.74) is -0.596. The lowest BCUT2D eigenvalue weighted by Gasteiger charge is -2.38. The molecule has 1 rings (SSSR count). The molecule has 0 aromatic rings. The highest BCUT2D eigenvalue weighted by Crippen LogP contribution is 2.23. The lowest BCUT2D eigenvalue weighted by molar-refractivity contribution is -0.0286. The first-order valence-electron chi connectivity index (χ1n) is 6.51. The van der Waals surface area contributed by atoms with Gasteiger partial charge in [0, 0.05) is 19.7 Å². The Morgan fingerprint density at radius 1 is 1.44 bits per heavy atom. The third kappa shape index (κ3) is 4.04. The normalized spacial score (nSPS) is 27.0. The highest BCUT2D eigenvalue weighted by atomic mass is 16.3. The summed E-state index contributed by atoms with van der Waals surface area (Å²) in [7, 11) is 0. The number of piperidine rings is 1. The van der Waals surface area contributed by atoms with Crippen LogP contribution in [0, 0.1) is 11.8 Å². The molecule has 2 atom stereocenters. The minimum atomic E-state index is -0.596.